The van der Waals surface area contributed by atoms with Crippen LogP contribution in [0.2, 0.25) is 0 Å². The number of carbonyl (C=O) groups excluding carboxylic acids is 1. The minimum absolute atomic E-state index is 0.179. The van der Waals surface area contributed by atoms with Gasteiger partial charge in [-0.05, 0) is 61.4 Å². The van der Waals surface area contributed by atoms with Crippen LogP contribution < -0.4 is 0 Å². The van der Waals surface area contributed by atoms with E-state index in [-0.39, 0.29) is 5.78 Å². The number of thiophene rings is 1. The van der Waals surface area contributed by atoms with E-state index in [0.717, 1.165) is 11.3 Å². The smallest absolute Gasteiger partial charge is 0.169 e. The summed E-state index contributed by atoms with van der Waals surface area (Å²) in [5.74, 6) is 0.718. The van der Waals surface area contributed by atoms with Gasteiger partial charge < -0.3 is 0 Å². The van der Waals surface area contributed by atoms with Gasteiger partial charge in [0.25, 0.3) is 0 Å². The molecule has 0 spiro atoms. The van der Waals surface area contributed by atoms with Crippen LogP contribution in [0.15, 0.2) is 18.2 Å². The normalized spacial score (nSPS) is 16.9. The molecule has 1 heterocycles. The molecule has 1 aromatic heterocycles. The third kappa shape index (κ3) is 1.95. The van der Waals surface area contributed by atoms with E-state index in [0.29, 0.717) is 5.92 Å². The van der Waals surface area contributed by atoms with Crippen molar-refractivity contribution in [3.63, 3.8) is 0 Å². The lowest BCUT2D eigenvalue weighted by atomic mass is 9.80. The second-order valence-corrected chi connectivity index (χ2v) is 6.72. The van der Waals surface area contributed by atoms with E-state index < -0.39 is 0 Å². The molecule has 0 aliphatic heterocycles. The molecule has 0 bridgehead atoms. The van der Waals surface area contributed by atoms with Gasteiger partial charge in [-0.3, -0.25) is 4.79 Å². The average Bonchev–Trinajstić information content (AvgIpc) is 2.71. The van der Waals surface area contributed by atoms with Gasteiger partial charge in [0, 0.05) is 4.88 Å². The maximum atomic E-state index is 11.6. The third-order valence-electron chi connectivity index (χ3n) is 3.95. The Morgan fingerprint density at radius 1 is 1.26 bits per heavy atom. The molecule has 2 heteroatoms. The van der Waals surface area contributed by atoms with Gasteiger partial charge in [-0.1, -0.05) is 24.6 Å². The van der Waals surface area contributed by atoms with Crippen LogP contribution >= 0.6 is 11.3 Å². The van der Waals surface area contributed by atoms with Crippen molar-refractivity contribution in [2.75, 3.05) is 0 Å². The van der Waals surface area contributed by atoms with Gasteiger partial charge in [0.2, 0.25) is 0 Å². The minimum Gasteiger partial charge on any atom is -0.294 e. The second-order valence-electron chi connectivity index (χ2n) is 5.67. The number of rotatable bonds is 1. The van der Waals surface area contributed by atoms with Gasteiger partial charge >= 0.3 is 0 Å². The Bertz CT molecular complexity index is 679. The molecule has 1 unspecified atom stereocenters. The maximum Gasteiger partial charge on any atom is 0.169 e. The Morgan fingerprint density at radius 3 is 2.68 bits per heavy atom. The first-order valence-electron chi connectivity index (χ1n) is 6.72. The maximum absolute atomic E-state index is 11.6. The summed E-state index contributed by atoms with van der Waals surface area (Å²) in [7, 11) is 0. The highest BCUT2D eigenvalue weighted by atomic mass is 32.1. The van der Waals surface area contributed by atoms with Gasteiger partial charge in [0.1, 0.15) is 0 Å². The molecular formula is C17H18OS. The van der Waals surface area contributed by atoms with Crippen molar-refractivity contribution < 1.29 is 4.79 Å². The lowest BCUT2D eigenvalue weighted by Gasteiger charge is -2.25. The number of Topliss-reactive ketones (excluding diaryl/α,β-unsaturated/α-hetero) is 1. The summed E-state index contributed by atoms with van der Waals surface area (Å²) >= 11 is 1.66. The van der Waals surface area contributed by atoms with Crippen molar-refractivity contribution in [3.05, 3.63) is 45.3 Å². The Hall–Kier alpha value is -1.41. The summed E-state index contributed by atoms with van der Waals surface area (Å²) in [6.45, 7) is 8.29. The summed E-state index contributed by atoms with van der Waals surface area (Å²) < 4.78 is 0. The standard InChI is InChI=1S/C17H18OS/c1-9-5-10(2)16-11(3)7-13-8-15(12(4)18)19-17(13)14(16)6-9/h5-6,8,11H,7H2,1-4H3. The zero-order chi connectivity index (χ0) is 13.7. The van der Waals surface area contributed by atoms with Gasteiger partial charge in [0.15, 0.2) is 5.78 Å². The van der Waals surface area contributed by atoms with Gasteiger partial charge in [-0.25, -0.2) is 0 Å². The minimum atomic E-state index is 0.179. The number of carbonyl (C=O) groups is 1. The average molecular weight is 270 g/mol. The molecule has 0 saturated carbocycles. The molecule has 1 atom stereocenters. The molecule has 3 rings (SSSR count). The number of benzene rings is 1. The lowest BCUT2D eigenvalue weighted by molar-refractivity contribution is 0.102. The summed E-state index contributed by atoms with van der Waals surface area (Å²) in [5, 5.41) is 0. The number of aryl methyl sites for hydroxylation is 2. The van der Waals surface area contributed by atoms with Crippen molar-refractivity contribution in [2.45, 2.75) is 40.0 Å². The Morgan fingerprint density at radius 2 is 2.00 bits per heavy atom. The fourth-order valence-corrected chi connectivity index (χ4v) is 4.35. The lowest BCUT2D eigenvalue weighted by Crippen LogP contribution is -2.08. The third-order valence-corrected chi connectivity index (χ3v) is 5.26. The zero-order valence-electron chi connectivity index (χ0n) is 11.8. The Labute approximate surface area is 118 Å². The fraction of sp³-hybridized carbons (Fsp3) is 0.353. The van der Waals surface area contributed by atoms with E-state index >= 15 is 0 Å². The molecule has 0 amide bonds. The molecule has 0 fully saturated rings. The molecule has 98 valence electrons. The van der Waals surface area contributed by atoms with Crippen molar-refractivity contribution in [3.8, 4) is 10.4 Å². The van der Waals surface area contributed by atoms with Crippen molar-refractivity contribution in [1.29, 1.82) is 0 Å². The van der Waals surface area contributed by atoms with Crippen LogP contribution in [0.25, 0.3) is 10.4 Å². The fourth-order valence-electron chi connectivity index (χ4n) is 3.23. The summed E-state index contributed by atoms with van der Waals surface area (Å²) in [4.78, 5) is 13.8. The molecule has 0 N–H and O–H groups in total. The highest BCUT2D eigenvalue weighted by molar-refractivity contribution is 7.17. The van der Waals surface area contributed by atoms with Crippen LogP contribution in [0.4, 0.5) is 0 Å². The largest absolute Gasteiger partial charge is 0.294 e. The van der Waals surface area contributed by atoms with Gasteiger partial charge in [-0.15, -0.1) is 11.3 Å². The van der Waals surface area contributed by atoms with Crippen LogP contribution in [-0.2, 0) is 6.42 Å². The van der Waals surface area contributed by atoms with Crippen LogP contribution in [0.3, 0.4) is 0 Å². The molecule has 19 heavy (non-hydrogen) atoms. The van der Waals surface area contributed by atoms with Crippen LogP contribution in [0.1, 0.15) is 51.7 Å². The predicted octanol–water partition coefficient (Wildman–Crippen LogP) is 4.89. The highest BCUT2D eigenvalue weighted by Gasteiger charge is 2.26. The van der Waals surface area contributed by atoms with E-state index in [9.17, 15) is 4.79 Å². The molecule has 1 nitrogen and oxygen atoms in total. The quantitative estimate of drug-likeness (QED) is 0.674. The molecular weight excluding hydrogens is 252 g/mol. The monoisotopic (exact) mass is 270 g/mol. The second kappa shape index (κ2) is 4.31. The van der Waals surface area contributed by atoms with Gasteiger partial charge in [-0.2, -0.15) is 0 Å². The van der Waals surface area contributed by atoms with E-state index in [4.69, 9.17) is 0 Å². The molecule has 1 aromatic carbocycles. The number of ketones is 1. The summed E-state index contributed by atoms with van der Waals surface area (Å²) in [6, 6.07) is 6.64. The number of hydrogen-bond donors (Lipinski definition) is 0. The van der Waals surface area contributed by atoms with Crippen molar-refractivity contribution in [2.24, 2.45) is 0 Å². The molecule has 0 saturated heterocycles. The summed E-state index contributed by atoms with van der Waals surface area (Å²) in [6.07, 6.45) is 1.05. The van der Waals surface area contributed by atoms with Gasteiger partial charge in [0.05, 0.1) is 4.88 Å². The van der Waals surface area contributed by atoms with E-state index in [1.165, 1.54) is 32.7 Å². The number of fused-ring (bicyclic) bond motifs is 3. The van der Waals surface area contributed by atoms with Crippen molar-refractivity contribution >= 4 is 17.1 Å². The first-order valence-corrected chi connectivity index (χ1v) is 7.54. The molecule has 1 aliphatic carbocycles. The first-order chi connectivity index (χ1) is 8.97. The summed E-state index contributed by atoms with van der Waals surface area (Å²) in [5.41, 5.74) is 6.85. The van der Waals surface area contributed by atoms with Crippen molar-refractivity contribution in [1.82, 2.24) is 0 Å². The SMILES string of the molecule is CC(=O)c1cc2c(s1)-c1cc(C)cc(C)c1C(C)C2. The Kier molecular flexibility index (Phi) is 2.86. The highest BCUT2D eigenvalue weighted by Crippen LogP contribution is 2.45. The molecule has 2 aromatic rings. The predicted molar refractivity (Wildman–Crippen MR) is 81.4 cm³/mol. The first kappa shape index (κ1) is 12.6. The van der Waals surface area contributed by atoms with Crippen LogP contribution in [0.5, 0.6) is 0 Å². The molecule has 0 radical (unpaired) electrons. The Balaban J connectivity index is 2.28. The topological polar surface area (TPSA) is 17.1 Å². The number of hydrogen-bond acceptors (Lipinski definition) is 2. The van der Waals surface area contributed by atoms with E-state index in [2.05, 4.69) is 39.0 Å². The molecule has 1 aliphatic rings. The zero-order valence-corrected chi connectivity index (χ0v) is 12.6. The van der Waals surface area contributed by atoms with E-state index in [1.807, 2.05) is 0 Å². The van der Waals surface area contributed by atoms with Crippen LogP contribution in [-0.4, -0.2) is 5.78 Å². The van der Waals surface area contributed by atoms with Crippen LogP contribution in [0, 0.1) is 13.8 Å². The van der Waals surface area contributed by atoms with E-state index in [1.54, 1.807) is 18.3 Å².